The van der Waals surface area contributed by atoms with Gasteiger partial charge in [-0.05, 0) is 37.0 Å². The van der Waals surface area contributed by atoms with Crippen LogP contribution in [0.4, 0.5) is 0 Å². The van der Waals surface area contributed by atoms with Gasteiger partial charge in [0.25, 0.3) is 0 Å². The lowest BCUT2D eigenvalue weighted by Crippen LogP contribution is -2.42. The van der Waals surface area contributed by atoms with E-state index in [1.165, 1.54) is 5.56 Å². The lowest BCUT2D eigenvalue weighted by atomic mass is 9.87. The molecule has 1 fully saturated rings. The normalized spacial score (nSPS) is 23.5. The van der Waals surface area contributed by atoms with Crippen molar-refractivity contribution in [3.05, 3.63) is 29.8 Å². The molecule has 2 rings (SSSR count). The van der Waals surface area contributed by atoms with Gasteiger partial charge in [-0.1, -0.05) is 19.1 Å². The number of carbonyl (C=O) groups excluding carboxylic acids is 1. The van der Waals surface area contributed by atoms with Gasteiger partial charge in [-0.15, -0.1) is 0 Å². The summed E-state index contributed by atoms with van der Waals surface area (Å²) >= 11 is 0. The van der Waals surface area contributed by atoms with Gasteiger partial charge in [0.15, 0.2) is 0 Å². The Morgan fingerprint density at radius 3 is 2.88 bits per heavy atom. The van der Waals surface area contributed by atoms with Crippen LogP contribution in [0, 0.1) is 0 Å². The Morgan fingerprint density at radius 2 is 2.29 bits per heavy atom. The molecule has 0 bridgehead atoms. The van der Waals surface area contributed by atoms with Crippen LogP contribution in [0.25, 0.3) is 0 Å². The van der Waals surface area contributed by atoms with Crippen molar-refractivity contribution in [3.63, 3.8) is 0 Å². The molecule has 0 saturated carbocycles. The van der Waals surface area contributed by atoms with Gasteiger partial charge in [0.2, 0.25) is 5.91 Å². The smallest absolute Gasteiger partial charge is 0.220 e. The van der Waals surface area contributed by atoms with Crippen molar-refractivity contribution in [3.8, 4) is 5.75 Å². The summed E-state index contributed by atoms with van der Waals surface area (Å²) in [5.74, 6) is 1.05. The Kier molecular flexibility index (Phi) is 3.36. The van der Waals surface area contributed by atoms with Gasteiger partial charge in [-0.25, -0.2) is 0 Å². The maximum Gasteiger partial charge on any atom is 0.220 e. The van der Waals surface area contributed by atoms with Crippen LogP contribution in [0.2, 0.25) is 0 Å². The highest BCUT2D eigenvalue weighted by atomic mass is 16.5. The van der Waals surface area contributed by atoms with Crippen molar-refractivity contribution in [2.45, 2.75) is 38.1 Å². The maximum atomic E-state index is 11.4. The number of carbonyl (C=O) groups is 1. The number of methoxy groups -OCH3 is 1. The molecule has 3 heteroatoms. The number of hydrogen-bond donors (Lipinski definition) is 1. The molecule has 1 saturated heterocycles. The number of benzene rings is 1. The quantitative estimate of drug-likeness (QED) is 0.866. The van der Waals surface area contributed by atoms with Gasteiger partial charge in [-0.2, -0.15) is 0 Å². The zero-order valence-electron chi connectivity index (χ0n) is 10.5. The summed E-state index contributed by atoms with van der Waals surface area (Å²) in [4.78, 5) is 11.4. The standard InChI is InChI=1S/C14H19NO2/c1-3-14(8-7-13(16)15-14)10-11-5-4-6-12(9-11)17-2/h4-6,9H,3,7-8,10H2,1-2H3,(H,15,16). The highest BCUT2D eigenvalue weighted by Gasteiger charge is 2.35. The van der Waals surface area contributed by atoms with E-state index in [1.807, 2.05) is 18.2 Å². The highest BCUT2D eigenvalue weighted by Crippen LogP contribution is 2.28. The second-order valence-electron chi connectivity index (χ2n) is 4.71. The molecule has 0 radical (unpaired) electrons. The molecule has 1 N–H and O–H groups in total. The molecule has 1 aliphatic rings. The fourth-order valence-corrected chi connectivity index (χ4v) is 2.47. The van der Waals surface area contributed by atoms with Crippen LogP contribution in [-0.4, -0.2) is 18.6 Å². The molecule has 0 aromatic heterocycles. The third-order valence-electron chi connectivity index (χ3n) is 3.59. The number of rotatable bonds is 4. The lowest BCUT2D eigenvalue weighted by Gasteiger charge is -2.28. The minimum absolute atomic E-state index is 0.0521. The Labute approximate surface area is 102 Å². The molecule has 0 aliphatic carbocycles. The first-order valence-corrected chi connectivity index (χ1v) is 6.11. The summed E-state index contributed by atoms with van der Waals surface area (Å²) in [5, 5.41) is 3.12. The predicted octanol–water partition coefficient (Wildman–Crippen LogP) is 2.30. The molecule has 1 aliphatic heterocycles. The van der Waals surface area contributed by atoms with Gasteiger partial charge in [0, 0.05) is 12.0 Å². The van der Waals surface area contributed by atoms with Gasteiger partial charge in [0.1, 0.15) is 5.75 Å². The highest BCUT2D eigenvalue weighted by molar-refractivity contribution is 5.79. The summed E-state index contributed by atoms with van der Waals surface area (Å²) < 4.78 is 5.22. The van der Waals surface area contributed by atoms with Crippen LogP contribution in [-0.2, 0) is 11.2 Å². The van der Waals surface area contributed by atoms with E-state index in [1.54, 1.807) is 7.11 Å². The van der Waals surface area contributed by atoms with Crippen LogP contribution in [0.5, 0.6) is 5.75 Å². The molecule has 0 spiro atoms. The van der Waals surface area contributed by atoms with Crippen LogP contribution in [0.3, 0.4) is 0 Å². The van der Waals surface area contributed by atoms with Gasteiger partial charge in [0.05, 0.1) is 7.11 Å². The second kappa shape index (κ2) is 4.78. The van der Waals surface area contributed by atoms with Gasteiger partial charge in [-0.3, -0.25) is 4.79 Å². The topological polar surface area (TPSA) is 38.3 Å². The summed E-state index contributed by atoms with van der Waals surface area (Å²) in [5.41, 5.74) is 1.16. The molecule has 1 aromatic carbocycles. The third-order valence-corrected chi connectivity index (χ3v) is 3.59. The van der Waals surface area contributed by atoms with Crippen molar-refractivity contribution in [1.82, 2.24) is 5.32 Å². The average Bonchev–Trinajstić information content (AvgIpc) is 2.72. The van der Waals surface area contributed by atoms with E-state index in [0.29, 0.717) is 6.42 Å². The van der Waals surface area contributed by atoms with Crippen LogP contribution in [0.1, 0.15) is 31.7 Å². The van der Waals surface area contributed by atoms with Gasteiger partial charge < -0.3 is 10.1 Å². The minimum Gasteiger partial charge on any atom is -0.497 e. The Balaban J connectivity index is 2.15. The van der Waals surface area contributed by atoms with E-state index < -0.39 is 0 Å². The van der Waals surface area contributed by atoms with E-state index in [9.17, 15) is 4.79 Å². The summed E-state index contributed by atoms with van der Waals surface area (Å²) in [6.07, 6.45) is 3.43. The lowest BCUT2D eigenvalue weighted by molar-refractivity contribution is -0.119. The van der Waals surface area contributed by atoms with E-state index >= 15 is 0 Å². The molecule has 17 heavy (non-hydrogen) atoms. The molecule has 92 valence electrons. The van der Waals surface area contributed by atoms with Crippen molar-refractivity contribution in [1.29, 1.82) is 0 Å². The molecule has 1 heterocycles. The van der Waals surface area contributed by atoms with Gasteiger partial charge >= 0.3 is 0 Å². The number of ether oxygens (including phenoxy) is 1. The Bertz CT molecular complexity index is 416. The average molecular weight is 233 g/mol. The number of amides is 1. The summed E-state index contributed by atoms with van der Waals surface area (Å²) in [7, 11) is 1.67. The fourth-order valence-electron chi connectivity index (χ4n) is 2.47. The van der Waals surface area contributed by atoms with Crippen molar-refractivity contribution in [2.75, 3.05) is 7.11 Å². The van der Waals surface area contributed by atoms with Crippen molar-refractivity contribution in [2.24, 2.45) is 0 Å². The van der Waals surface area contributed by atoms with Crippen LogP contribution >= 0.6 is 0 Å². The van der Waals surface area contributed by atoms with E-state index in [4.69, 9.17) is 4.74 Å². The molecular weight excluding hydrogens is 214 g/mol. The number of nitrogens with one attached hydrogen (secondary N) is 1. The molecule has 1 atom stereocenters. The first-order valence-electron chi connectivity index (χ1n) is 6.11. The first kappa shape index (κ1) is 12.0. The Hall–Kier alpha value is -1.51. The van der Waals surface area contributed by atoms with E-state index in [0.717, 1.165) is 25.0 Å². The zero-order chi connectivity index (χ0) is 12.3. The minimum atomic E-state index is -0.0521. The van der Waals surface area contributed by atoms with E-state index in [2.05, 4.69) is 18.3 Å². The predicted molar refractivity (Wildman–Crippen MR) is 67.1 cm³/mol. The Morgan fingerprint density at radius 1 is 1.47 bits per heavy atom. The summed E-state index contributed by atoms with van der Waals surface area (Å²) in [6, 6.07) is 8.07. The van der Waals surface area contributed by atoms with Crippen molar-refractivity contribution >= 4 is 5.91 Å². The SMILES string of the molecule is CCC1(Cc2cccc(OC)c2)CCC(=O)N1. The van der Waals surface area contributed by atoms with E-state index in [-0.39, 0.29) is 11.4 Å². The molecule has 1 unspecified atom stereocenters. The van der Waals surface area contributed by atoms with Crippen molar-refractivity contribution < 1.29 is 9.53 Å². The second-order valence-corrected chi connectivity index (χ2v) is 4.71. The first-order chi connectivity index (χ1) is 8.17. The monoisotopic (exact) mass is 233 g/mol. The largest absolute Gasteiger partial charge is 0.497 e. The molecule has 1 aromatic rings. The maximum absolute atomic E-state index is 11.4. The fraction of sp³-hybridized carbons (Fsp3) is 0.500. The molecular formula is C14H19NO2. The molecule has 1 amide bonds. The summed E-state index contributed by atoms with van der Waals surface area (Å²) in [6.45, 7) is 2.13. The van der Waals surface area contributed by atoms with Crippen LogP contribution in [0.15, 0.2) is 24.3 Å². The third kappa shape index (κ3) is 2.60. The van der Waals surface area contributed by atoms with Crippen LogP contribution < -0.4 is 10.1 Å². The molecule has 3 nitrogen and oxygen atoms in total. The zero-order valence-corrected chi connectivity index (χ0v) is 10.5. The number of hydrogen-bond acceptors (Lipinski definition) is 2.